The van der Waals surface area contributed by atoms with Crippen LogP contribution in [0.2, 0.25) is 36.3 Å². The molecule has 4 fully saturated rings. The van der Waals surface area contributed by atoms with Crippen LogP contribution in [0.5, 0.6) is 0 Å². The molecule has 2 unspecified atom stereocenters. The molecule has 8 rings (SSSR count). The molecule has 4 aliphatic rings. The largest absolute Gasteiger partial charge is 0.414 e. The van der Waals surface area contributed by atoms with Crippen LogP contribution in [0.3, 0.4) is 0 Å². The maximum Gasteiger partial charge on any atom is 0.240 e. The van der Waals surface area contributed by atoms with Gasteiger partial charge in [-0.1, -0.05) is 41.5 Å². The summed E-state index contributed by atoms with van der Waals surface area (Å²) in [5, 5.41) is 30.8. The lowest BCUT2D eigenvalue weighted by Gasteiger charge is -2.37. The molecule has 4 saturated heterocycles. The van der Waals surface area contributed by atoms with Gasteiger partial charge in [0.2, 0.25) is 11.4 Å². The number of hydrogen-bond donors (Lipinski definition) is 3. The van der Waals surface area contributed by atoms with Crippen LogP contribution in [0.4, 0.5) is 11.6 Å². The maximum atomic E-state index is 11.7. The highest BCUT2D eigenvalue weighted by molar-refractivity contribution is 6.74. The van der Waals surface area contributed by atoms with Crippen LogP contribution < -0.4 is 11.5 Å². The van der Waals surface area contributed by atoms with Crippen molar-refractivity contribution in [2.45, 2.75) is 165 Å². The van der Waals surface area contributed by atoms with Gasteiger partial charge in [0.15, 0.2) is 39.8 Å². The molecule has 4 aliphatic heterocycles. The highest BCUT2D eigenvalue weighted by Crippen LogP contribution is 2.51. The summed E-state index contributed by atoms with van der Waals surface area (Å²) in [6.07, 6.45) is -0.591. The zero-order valence-corrected chi connectivity index (χ0v) is 39.8. The van der Waals surface area contributed by atoms with E-state index in [4.69, 9.17) is 48.7 Å². The second-order valence-corrected chi connectivity index (χ2v) is 30.0. The second-order valence-electron chi connectivity index (χ2n) is 20.4. The van der Waals surface area contributed by atoms with Crippen molar-refractivity contribution in [3.8, 4) is 6.07 Å². The van der Waals surface area contributed by atoms with E-state index in [2.05, 4.69) is 94.0 Å². The van der Waals surface area contributed by atoms with E-state index >= 15 is 0 Å². The molecular formula is C41H63N9O9Si2. The van der Waals surface area contributed by atoms with E-state index < -0.39 is 76.2 Å². The number of ether oxygens (including phenoxy) is 6. The van der Waals surface area contributed by atoms with Gasteiger partial charge in [-0.2, -0.15) is 15.5 Å². The van der Waals surface area contributed by atoms with Crippen molar-refractivity contribution in [1.82, 2.24) is 29.2 Å². The Hall–Kier alpha value is -3.60. The number of rotatable bonds is 8. The van der Waals surface area contributed by atoms with Gasteiger partial charge in [0.05, 0.1) is 18.9 Å². The Kier molecular flexibility index (Phi) is 11.2. The van der Waals surface area contributed by atoms with Crippen LogP contribution in [-0.4, -0.2) is 112 Å². The Morgan fingerprint density at radius 1 is 0.689 bits per heavy atom. The number of nitrogen functional groups attached to an aromatic ring is 2. The van der Waals surface area contributed by atoms with E-state index in [-0.39, 0.29) is 10.1 Å². The predicted octanol–water partition coefficient (Wildman–Crippen LogP) is 5.37. The van der Waals surface area contributed by atoms with E-state index in [9.17, 15) is 10.4 Å². The predicted molar refractivity (Wildman–Crippen MR) is 230 cm³/mol. The monoisotopic (exact) mass is 881 g/mol. The highest BCUT2D eigenvalue weighted by Gasteiger charge is 2.66. The highest BCUT2D eigenvalue weighted by atomic mass is 28.4. The third-order valence-corrected chi connectivity index (χ3v) is 22.2. The van der Waals surface area contributed by atoms with Gasteiger partial charge in [0, 0.05) is 0 Å². The zero-order chi connectivity index (χ0) is 44.9. The first-order valence-corrected chi connectivity index (χ1v) is 26.5. The minimum Gasteiger partial charge on any atom is -0.414 e. The third kappa shape index (κ3) is 7.90. The van der Waals surface area contributed by atoms with Crippen molar-refractivity contribution < 1.29 is 42.4 Å². The van der Waals surface area contributed by atoms with Crippen molar-refractivity contribution in [2.24, 2.45) is 0 Å². The SMILES string of the molecule is CC1(C)O[C@H]2[C@@H](O1)C(C#N)(c1ccc3c(N)ncnn13)O[C@@H]2CO[Si](C)(C)C(C)(C)C.CC1(C)O[C@H]2[C@@H](O1)C(O)(c1ccc3c(N)ncnn13)O[C@@H]2CO[Si](C)(C)C(C)(C)C. The van der Waals surface area contributed by atoms with Gasteiger partial charge in [-0.3, -0.25) is 0 Å². The summed E-state index contributed by atoms with van der Waals surface area (Å²) in [5.74, 6) is -2.84. The van der Waals surface area contributed by atoms with Crippen LogP contribution in [0.15, 0.2) is 36.9 Å². The lowest BCUT2D eigenvalue weighted by molar-refractivity contribution is -0.285. The standard InChI is InChI=1S/C21H31N5O4Si.C20H32N4O5Si/c1-19(2,3)31(6,7)27-10-14-16-17(30-20(4,5)29-16)21(11-22,28-14)15-9-8-13-18(23)24-12-25-26(13)15;1-18(2,3)30(6,7)26-10-13-15-16(29-19(4,5)28-15)20(25,27-13)14-9-8-12-17(21)22-11-23-24(12)14/h8-9,12,14,16-17H,10H2,1-7H3,(H2,23,24,25);8-9,11,13,15-16,25H,10H2,1-7H3,(H2,21,22,23)/t14-,16-,17-,21?;13-,15-,16-,20?/m11/s1. The van der Waals surface area contributed by atoms with E-state index in [1.54, 1.807) is 28.8 Å². The number of nitriles is 1. The summed E-state index contributed by atoms with van der Waals surface area (Å²) in [7, 11) is -4.04. The fraction of sp³-hybridized carbons (Fsp3) is 0.683. The molecule has 334 valence electrons. The van der Waals surface area contributed by atoms with E-state index in [0.29, 0.717) is 47.3 Å². The molecular weight excluding hydrogens is 819 g/mol. The van der Waals surface area contributed by atoms with Gasteiger partial charge in [-0.25, -0.2) is 19.0 Å². The number of aromatic nitrogens is 6. The Bertz CT molecular complexity index is 2320. The Morgan fingerprint density at radius 3 is 1.59 bits per heavy atom. The summed E-state index contributed by atoms with van der Waals surface area (Å²) in [4.78, 5) is 8.04. The van der Waals surface area contributed by atoms with Crippen molar-refractivity contribution in [3.05, 3.63) is 48.3 Å². The number of hydrogen-bond acceptors (Lipinski definition) is 16. The molecule has 0 aromatic carbocycles. The summed E-state index contributed by atoms with van der Waals surface area (Å²) < 4.78 is 53.2. The number of fused-ring (bicyclic) bond motifs is 4. The molecule has 5 N–H and O–H groups in total. The number of anilines is 2. The van der Waals surface area contributed by atoms with Gasteiger partial charge in [0.1, 0.15) is 72.1 Å². The van der Waals surface area contributed by atoms with Crippen LogP contribution in [0.1, 0.15) is 80.6 Å². The first-order chi connectivity index (χ1) is 28.1. The number of aliphatic hydroxyl groups is 1. The average molecular weight is 882 g/mol. The lowest BCUT2D eigenvalue weighted by atomic mass is 9.92. The summed E-state index contributed by atoms with van der Waals surface area (Å²) in [5.41, 5.74) is 12.7. The first kappa shape index (κ1) is 45.4. The molecule has 20 heteroatoms. The van der Waals surface area contributed by atoms with Crippen molar-refractivity contribution in [2.75, 3.05) is 24.7 Å². The zero-order valence-electron chi connectivity index (χ0n) is 37.8. The molecule has 8 heterocycles. The Labute approximate surface area is 359 Å². The van der Waals surface area contributed by atoms with Gasteiger partial charge < -0.3 is 53.8 Å². The van der Waals surface area contributed by atoms with E-state index in [0.717, 1.165) is 0 Å². The molecule has 0 radical (unpaired) electrons. The number of nitrogens with zero attached hydrogens (tertiary/aromatic N) is 7. The third-order valence-electron chi connectivity index (χ3n) is 13.2. The van der Waals surface area contributed by atoms with Crippen LogP contribution in [-0.2, 0) is 48.7 Å². The summed E-state index contributed by atoms with van der Waals surface area (Å²) in [6, 6.07) is 9.41. The first-order valence-electron chi connectivity index (χ1n) is 20.7. The van der Waals surface area contributed by atoms with Gasteiger partial charge in [0.25, 0.3) is 0 Å². The van der Waals surface area contributed by atoms with Gasteiger partial charge >= 0.3 is 0 Å². The van der Waals surface area contributed by atoms with Crippen molar-refractivity contribution in [1.29, 1.82) is 5.26 Å². The molecule has 18 nitrogen and oxygen atoms in total. The smallest absolute Gasteiger partial charge is 0.240 e. The summed E-state index contributed by atoms with van der Waals surface area (Å²) in [6.45, 7) is 29.8. The van der Waals surface area contributed by atoms with Crippen LogP contribution in [0.25, 0.3) is 11.0 Å². The topological polar surface area (TPSA) is 230 Å². The van der Waals surface area contributed by atoms with Crippen LogP contribution >= 0.6 is 0 Å². The molecule has 0 amide bonds. The van der Waals surface area contributed by atoms with Crippen molar-refractivity contribution in [3.63, 3.8) is 0 Å². The normalized spacial score (nSPS) is 30.9. The van der Waals surface area contributed by atoms with Gasteiger partial charge in [-0.15, -0.1) is 0 Å². The summed E-state index contributed by atoms with van der Waals surface area (Å²) >= 11 is 0. The maximum absolute atomic E-state index is 11.7. The number of nitrogens with two attached hydrogens (primary N) is 2. The minimum atomic E-state index is -2.03. The molecule has 0 saturated carbocycles. The minimum absolute atomic E-state index is 0.0514. The fourth-order valence-electron chi connectivity index (χ4n) is 7.77. The van der Waals surface area contributed by atoms with E-state index in [1.165, 1.54) is 17.2 Å². The molecule has 4 aromatic rings. The Morgan fingerprint density at radius 2 is 1.11 bits per heavy atom. The lowest BCUT2D eigenvalue weighted by Crippen LogP contribution is -2.44. The molecule has 0 spiro atoms. The van der Waals surface area contributed by atoms with E-state index in [1.807, 2.05) is 27.7 Å². The molecule has 8 atom stereocenters. The van der Waals surface area contributed by atoms with Crippen molar-refractivity contribution >= 4 is 39.3 Å². The second kappa shape index (κ2) is 15.0. The van der Waals surface area contributed by atoms with Crippen LogP contribution in [0, 0.1) is 11.3 Å². The average Bonchev–Trinajstić information content (AvgIpc) is 3.98. The molecule has 0 aliphatic carbocycles. The fourth-order valence-corrected chi connectivity index (χ4v) is 9.79. The molecule has 0 bridgehead atoms. The van der Waals surface area contributed by atoms with Gasteiger partial charge in [-0.05, 0) is 88.2 Å². The quantitative estimate of drug-likeness (QED) is 0.189. The Balaban J connectivity index is 0.000000184. The molecule has 61 heavy (non-hydrogen) atoms. The molecule has 4 aromatic heterocycles.